The Morgan fingerprint density at radius 1 is 1.12 bits per heavy atom. The minimum Gasteiger partial charge on any atom is -0.495 e. The Morgan fingerprint density at radius 2 is 1.88 bits per heavy atom. The maximum absolute atomic E-state index is 13.7. The SMILES string of the molecule is COc1ccc(C(N)=O)cc1N1C(=O)C2SC(N)=C3C(=O)Oc4ccccc4C3C2C1=O. The molecule has 1 saturated heterocycles. The van der Waals surface area contributed by atoms with Crippen LogP contribution in [0.1, 0.15) is 21.8 Å². The van der Waals surface area contributed by atoms with Gasteiger partial charge in [-0.1, -0.05) is 30.0 Å². The van der Waals surface area contributed by atoms with Crippen molar-refractivity contribution in [2.24, 2.45) is 17.4 Å². The highest BCUT2D eigenvalue weighted by Gasteiger charge is 2.59. The predicted octanol–water partition coefficient (Wildman–Crippen LogP) is 1.27. The number of ether oxygens (including phenoxy) is 2. The molecule has 3 amide bonds. The van der Waals surface area contributed by atoms with E-state index >= 15 is 0 Å². The molecule has 0 saturated carbocycles. The van der Waals surface area contributed by atoms with Crippen LogP contribution in [0.5, 0.6) is 11.5 Å². The van der Waals surface area contributed by atoms with Crippen LogP contribution in [0.4, 0.5) is 5.69 Å². The number of hydrogen-bond donors (Lipinski definition) is 2. The second-order valence-electron chi connectivity index (χ2n) is 7.51. The smallest absolute Gasteiger partial charge is 0.342 e. The number of anilines is 1. The monoisotopic (exact) mass is 451 g/mol. The fourth-order valence-electron chi connectivity index (χ4n) is 4.46. The van der Waals surface area contributed by atoms with E-state index < -0.39 is 40.8 Å². The first-order chi connectivity index (χ1) is 15.3. The average Bonchev–Trinajstić information content (AvgIpc) is 3.02. The lowest BCUT2D eigenvalue weighted by molar-refractivity contribution is -0.131. The number of esters is 1. The zero-order valence-corrected chi connectivity index (χ0v) is 17.5. The Bertz CT molecular complexity index is 1260. The van der Waals surface area contributed by atoms with Crippen LogP contribution in [0.2, 0.25) is 0 Å². The van der Waals surface area contributed by atoms with Crippen molar-refractivity contribution in [1.82, 2.24) is 0 Å². The van der Waals surface area contributed by atoms with Crippen LogP contribution in [0.25, 0.3) is 0 Å². The summed E-state index contributed by atoms with van der Waals surface area (Å²) in [6.45, 7) is 0. The van der Waals surface area contributed by atoms with Gasteiger partial charge in [-0.3, -0.25) is 14.4 Å². The van der Waals surface area contributed by atoms with Crippen molar-refractivity contribution in [2.45, 2.75) is 11.2 Å². The molecule has 3 aliphatic heterocycles. The van der Waals surface area contributed by atoms with Crippen molar-refractivity contribution >= 4 is 41.1 Å². The summed E-state index contributed by atoms with van der Waals surface area (Å²) in [5, 5.41) is -0.700. The van der Waals surface area contributed by atoms with Crippen molar-refractivity contribution in [3.63, 3.8) is 0 Å². The third-order valence-electron chi connectivity index (χ3n) is 5.87. The lowest BCUT2D eigenvalue weighted by Gasteiger charge is -2.36. The van der Waals surface area contributed by atoms with Crippen molar-refractivity contribution in [3.05, 3.63) is 64.2 Å². The number of benzene rings is 2. The molecule has 0 bridgehead atoms. The quantitative estimate of drug-likeness (QED) is 0.404. The van der Waals surface area contributed by atoms with E-state index in [2.05, 4.69) is 0 Å². The van der Waals surface area contributed by atoms with Gasteiger partial charge in [0.15, 0.2) is 0 Å². The summed E-state index contributed by atoms with van der Waals surface area (Å²) in [5.74, 6) is -3.44. The molecule has 0 aromatic heterocycles. The maximum Gasteiger partial charge on any atom is 0.342 e. The number of nitrogens with two attached hydrogens (primary N) is 2. The van der Waals surface area contributed by atoms with E-state index in [1.165, 1.54) is 25.3 Å². The molecule has 3 heterocycles. The largest absolute Gasteiger partial charge is 0.495 e. The summed E-state index contributed by atoms with van der Waals surface area (Å²) in [7, 11) is 1.39. The first-order valence-electron chi connectivity index (χ1n) is 9.66. The first-order valence-corrected chi connectivity index (χ1v) is 10.5. The van der Waals surface area contributed by atoms with E-state index in [0.717, 1.165) is 16.7 Å². The number of hydrogen-bond acceptors (Lipinski definition) is 8. The molecular weight excluding hydrogens is 434 g/mol. The molecule has 2 aromatic rings. The summed E-state index contributed by atoms with van der Waals surface area (Å²) in [6.07, 6.45) is 0. The summed E-state index contributed by atoms with van der Waals surface area (Å²) in [6, 6.07) is 11.1. The van der Waals surface area contributed by atoms with E-state index in [9.17, 15) is 19.2 Å². The highest BCUT2D eigenvalue weighted by Crippen LogP contribution is 2.55. The van der Waals surface area contributed by atoms with Crippen molar-refractivity contribution in [2.75, 3.05) is 12.0 Å². The van der Waals surface area contributed by atoms with Gasteiger partial charge >= 0.3 is 5.97 Å². The molecule has 0 aliphatic carbocycles. The molecule has 3 aliphatic rings. The number of para-hydroxylation sites is 1. The number of rotatable bonds is 3. The molecule has 4 N–H and O–H groups in total. The van der Waals surface area contributed by atoms with E-state index in [4.69, 9.17) is 20.9 Å². The number of nitrogens with zero attached hydrogens (tertiary/aromatic N) is 1. The van der Waals surface area contributed by atoms with Crippen LogP contribution >= 0.6 is 11.8 Å². The summed E-state index contributed by atoms with van der Waals surface area (Å²) in [5.41, 5.74) is 12.6. The average molecular weight is 451 g/mol. The molecule has 0 spiro atoms. The Labute approximate surface area is 186 Å². The first kappa shape index (κ1) is 20.1. The van der Waals surface area contributed by atoms with Gasteiger partial charge in [0.2, 0.25) is 17.7 Å². The number of thioether (sulfide) groups is 1. The highest BCUT2D eigenvalue weighted by atomic mass is 32.2. The van der Waals surface area contributed by atoms with Gasteiger partial charge in [0.1, 0.15) is 16.7 Å². The van der Waals surface area contributed by atoms with E-state index in [1.807, 2.05) is 0 Å². The van der Waals surface area contributed by atoms with Crippen LogP contribution in [0, 0.1) is 5.92 Å². The minimum atomic E-state index is -0.884. The van der Waals surface area contributed by atoms with Crippen molar-refractivity contribution in [1.29, 1.82) is 0 Å². The second kappa shape index (κ2) is 7.13. The number of amides is 3. The highest BCUT2D eigenvalue weighted by molar-refractivity contribution is 8.04. The lowest BCUT2D eigenvalue weighted by Crippen LogP contribution is -2.39. The molecule has 162 valence electrons. The molecule has 5 rings (SSSR count). The zero-order valence-electron chi connectivity index (χ0n) is 16.7. The third kappa shape index (κ3) is 2.72. The van der Waals surface area contributed by atoms with Gasteiger partial charge < -0.3 is 20.9 Å². The van der Waals surface area contributed by atoms with Gasteiger partial charge in [-0.25, -0.2) is 9.69 Å². The number of methoxy groups -OCH3 is 1. The number of carbonyl (C=O) groups is 4. The van der Waals surface area contributed by atoms with Crippen LogP contribution < -0.4 is 25.8 Å². The van der Waals surface area contributed by atoms with Gasteiger partial charge in [-0.2, -0.15) is 0 Å². The van der Waals surface area contributed by atoms with Crippen LogP contribution in [-0.2, 0) is 14.4 Å². The number of fused-ring (bicyclic) bond motifs is 5. The van der Waals surface area contributed by atoms with Crippen LogP contribution in [0.15, 0.2) is 53.1 Å². The molecule has 0 radical (unpaired) electrons. The fraction of sp³-hybridized carbons (Fsp3) is 0.182. The molecule has 3 unspecified atom stereocenters. The van der Waals surface area contributed by atoms with Crippen LogP contribution in [0.3, 0.4) is 0 Å². The standard InChI is InChI=1S/C22H17N3O6S/c1-30-13-7-6-9(18(23)26)8-11(13)25-20(27)15-14-10-4-2-3-5-12(10)31-22(29)16(14)19(24)32-17(15)21(25)28/h2-8,14-15,17H,24H2,1H3,(H2,23,26). The molecule has 9 nitrogen and oxygen atoms in total. The van der Waals surface area contributed by atoms with E-state index in [0.29, 0.717) is 11.3 Å². The Balaban J connectivity index is 1.66. The lowest BCUT2D eigenvalue weighted by atomic mass is 9.77. The minimum absolute atomic E-state index is 0.112. The molecule has 10 heteroatoms. The van der Waals surface area contributed by atoms with E-state index in [-0.39, 0.29) is 27.6 Å². The molecule has 2 aromatic carbocycles. The Morgan fingerprint density at radius 3 is 2.59 bits per heavy atom. The number of carbonyl (C=O) groups excluding carboxylic acids is 4. The summed E-state index contributed by atoms with van der Waals surface area (Å²) in [4.78, 5) is 52.5. The Hall–Kier alpha value is -3.79. The van der Waals surface area contributed by atoms with Gasteiger partial charge in [-0.05, 0) is 24.3 Å². The number of imide groups is 1. The summed E-state index contributed by atoms with van der Waals surface area (Å²) < 4.78 is 10.7. The fourth-order valence-corrected chi connectivity index (χ4v) is 5.70. The molecular formula is C22H17N3O6S. The van der Waals surface area contributed by atoms with Crippen molar-refractivity contribution < 1.29 is 28.7 Å². The van der Waals surface area contributed by atoms with Crippen LogP contribution in [-0.4, -0.2) is 36.1 Å². The normalized spacial score (nSPS) is 24.0. The van der Waals surface area contributed by atoms with Gasteiger partial charge in [0, 0.05) is 17.0 Å². The second-order valence-corrected chi connectivity index (χ2v) is 8.69. The molecule has 32 heavy (non-hydrogen) atoms. The zero-order chi connectivity index (χ0) is 22.7. The molecule has 1 fully saturated rings. The predicted molar refractivity (Wildman–Crippen MR) is 115 cm³/mol. The van der Waals surface area contributed by atoms with Gasteiger partial charge in [0.25, 0.3) is 0 Å². The van der Waals surface area contributed by atoms with Gasteiger partial charge in [0.05, 0.1) is 29.3 Å². The van der Waals surface area contributed by atoms with Gasteiger partial charge in [-0.15, -0.1) is 0 Å². The van der Waals surface area contributed by atoms with E-state index in [1.54, 1.807) is 24.3 Å². The topological polar surface area (TPSA) is 142 Å². The van der Waals surface area contributed by atoms with Crippen molar-refractivity contribution in [3.8, 4) is 11.5 Å². The summed E-state index contributed by atoms with van der Waals surface area (Å²) >= 11 is 0.967. The number of primary amides is 1. The maximum atomic E-state index is 13.7. The molecule has 3 atom stereocenters. The third-order valence-corrected chi connectivity index (χ3v) is 7.09. The Kier molecular flexibility index (Phi) is 4.48.